The summed E-state index contributed by atoms with van der Waals surface area (Å²) in [6.07, 6.45) is 0.585. The van der Waals surface area contributed by atoms with Gasteiger partial charge in [0.2, 0.25) is 0 Å². The normalized spacial score (nSPS) is 9.60. The lowest BCUT2D eigenvalue weighted by Gasteiger charge is -2.07. The first-order chi connectivity index (χ1) is 4.66. The molecule has 3 heteroatoms. The van der Waals surface area contributed by atoms with E-state index < -0.39 is 0 Å². The summed E-state index contributed by atoms with van der Waals surface area (Å²) in [5.74, 6) is 0. The zero-order valence-electron chi connectivity index (χ0n) is 6.81. The third-order valence-corrected chi connectivity index (χ3v) is 0.862. The van der Waals surface area contributed by atoms with Crippen molar-refractivity contribution >= 4 is 6.09 Å². The summed E-state index contributed by atoms with van der Waals surface area (Å²) >= 11 is 0. The first kappa shape index (κ1) is 9.27. The highest BCUT2D eigenvalue weighted by Gasteiger charge is 2.01. The van der Waals surface area contributed by atoms with Crippen LogP contribution in [-0.4, -0.2) is 18.7 Å². The number of hydrogen-bond donors (Lipinski definition) is 1. The van der Waals surface area contributed by atoms with Gasteiger partial charge in [0.1, 0.15) is 0 Å². The van der Waals surface area contributed by atoms with Crippen molar-refractivity contribution < 1.29 is 11.0 Å². The second kappa shape index (κ2) is 5.09. The van der Waals surface area contributed by atoms with Crippen molar-refractivity contribution in [2.75, 3.05) is 6.54 Å². The molecule has 0 aliphatic rings. The maximum Gasteiger partial charge on any atom is 0.407 e. The zero-order chi connectivity index (χ0) is 7.98. The zero-order valence-corrected chi connectivity index (χ0v) is 6.81. The lowest BCUT2D eigenvalue weighted by Crippen LogP contribution is -2.27. The second-order valence-corrected chi connectivity index (χ2v) is 2.38. The highest BCUT2D eigenvalue weighted by atomic mass is 16.6. The van der Waals surface area contributed by atoms with Crippen molar-refractivity contribution in [3.63, 3.8) is 0 Å². The van der Waals surface area contributed by atoms with Crippen molar-refractivity contribution in [1.29, 1.82) is 0 Å². The first-order valence-corrected chi connectivity index (χ1v) is 3.61. The summed E-state index contributed by atoms with van der Waals surface area (Å²) in [4.78, 5) is 10.7. The minimum Gasteiger partial charge on any atom is -0.447 e. The highest BCUT2D eigenvalue weighted by Crippen LogP contribution is 1.87. The molecule has 1 N–H and O–H groups in total. The summed E-state index contributed by atoms with van der Waals surface area (Å²) < 4.78 is 4.80. The molecule has 0 aromatic heterocycles. The number of amides is 1. The lowest BCUT2D eigenvalue weighted by molar-refractivity contribution is 0.115. The average Bonchev–Trinajstić information content (AvgIpc) is 1.82. The Balaban J connectivity index is 0. The molecule has 0 saturated carbocycles. The molecular formula is C7H17NO2. The molecule has 0 aliphatic carbocycles. The number of rotatable bonds is 3. The molecule has 0 atom stereocenters. The van der Waals surface area contributed by atoms with Crippen LogP contribution in [0.4, 0.5) is 4.79 Å². The summed E-state index contributed by atoms with van der Waals surface area (Å²) in [5, 5.41) is 2.60. The average molecular weight is 147 g/mol. The van der Waals surface area contributed by atoms with Gasteiger partial charge in [0.15, 0.2) is 0 Å². The van der Waals surface area contributed by atoms with Gasteiger partial charge < -0.3 is 10.1 Å². The fourth-order valence-electron chi connectivity index (χ4n) is 0.483. The Bertz CT molecular complexity index is 107. The van der Waals surface area contributed by atoms with Crippen LogP contribution in [0.1, 0.15) is 28.6 Å². The Morgan fingerprint density at radius 1 is 1.70 bits per heavy atom. The third kappa shape index (κ3) is 5.41. The molecule has 0 fully saturated rings. The molecule has 0 spiro atoms. The maximum atomic E-state index is 10.7. The van der Waals surface area contributed by atoms with Crippen LogP contribution in [0.25, 0.3) is 0 Å². The smallest absolute Gasteiger partial charge is 0.407 e. The van der Waals surface area contributed by atoms with Crippen LogP contribution < -0.4 is 5.32 Å². The van der Waals surface area contributed by atoms with Crippen LogP contribution in [0, 0.1) is 0 Å². The molecule has 0 aromatic carbocycles. The maximum absolute atomic E-state index is 10.7. The Morgan fingerprint density at radius 2 is 2.30 bits per heavy atom. The molecular weight excluding hydrogens is 130 g/mol. The van der Waals surface area contributed by atoms with Gasteiger partial charge in [-0.15, -0.1) is 0 Å². The van der Waals surface area contributed by atoms with E-state index in [1.165, 1.54) is 0 Å². The standard InChI is InChI=1S/C7H15NO2.H2/c1-4-5-8-7(9)10-6(2)3;/h6H,4-5H2,1-3H3,(H,8,9);1H. The number of nitrogens with one attached hydrogen (secondary N) is 1. The van der Waals surface area contributed by atoms with Gasteiger partial charge in [-0.3, -0.25) is 0 Å². The third-order valence-electron chi connectivity index (χ3n) is 0.862. The van der Waals surface area contributed by atoms with Crippen LogP contribution in [0.3, 0.4) is 0 Å². The van der Waals surface area contributed by atoms with Crippen molar-refractivity contribution in [2.45, 2.75) is 33.3 Å². The van der Waals surface area contributed by atoms with E-state index in [0.29, 0.717) is 6.54 Å². The SMILES string of the molecule is CCCNC(=O)OC(C)C.[HH]. The lowest BCUT2D eigenvalue weighted by atomic mass is 10.5. The summed E-state index contributed by atoms with van der Waals surface area (Å²) in [7, 11) is 0. The van der Waals surface area contributed by atoms with E-state index in [2.05, 4.69) is 5.32 Å². The molecule has 10 heavy (non-hydrogen) atoms. The molecule has 1 amide bonds. The van der Waals surface area contributed by atoms with Gasteiger partial charge >= 0.3 is 6.09 Å². The largest absolute Gasteiger partial charge is 0.447 e. The van der Waals surface area contributed by atoms with Crippen LogP contribution in [0.15, 0.2) is 0 Å². The number of ether oxygens (including phenoxy) is 1. The Morgan fingerprint density at radius 3 is 2.70 bits per heavy atom. The predicted octanol–water partition coefficient (Wildman–Crippen LogP) is 1.78. The van der Waals surface area contributed by atoms with Crippen molar-refractivity contribution in [3.8, 4) is 0 Å². The van der Waals surface area contributed by atoms with Gasteiger partial charge in [-0.2, -0.15) is 0 Å². The molecule has 0 aliphatic heterocycles. The number of hydrogen-bond acceptors (Lipinski definition) is 2. The van der Waals surface area contributed by atoms with E-state index in [0.717, 1.165) is 6.42 Å². The van der Waals surface area contributed by atoms with Crippen LogP contribution >= 0.6 is 0 Å². The first-order valence-electron chi connectivity index (χ1n) is 3.61. The van der Waals surface area contributed by atoms with E-state index in [9.17, 15) is 4.79 Å². The van der Waals surface area contributed by atoms with E-state index in [-0.39, 0.29) is 13.6 Å². The summed E-state index contributed by atoms with van der Waals surface area (Å²) in [5.41, 5.74) is 0. The predicted molar refractivity (Wildman–Crippen MR) is 42.0 cm³/mol. The molecule has 0 heterocycles. The molecule has 0 unspecified atom stereocenters. The van der Waals surface area contributed by atoms with Crippen molar-refractivity contribution in [2.24, 2.45) is 0 Å². The van der Waals surface area contributed by atoms with Gasteiger partial charge in [0.25, 0.3) is 0 Å². The van der Waals surface area contributed by atoms with Crippen LogP contribution in [0.2, 0.25) is 0 Å². The molecule has 0 saturated heterocycles. The number of carbonyl (C=O) groups is 1. The molecule has 0 aromatic rings. The minimum absolute atomic E-state index is 0. The van der Waals surface area contributed by atoms with Gasteiger partial charge in [-0.1, -0.05) is 6.92 Å². The van der Waals surface area contributed by atoms with E-state index >= 15 is 0 Å². The van der Waals surface area contributed by atoms with E-state index in [4.69, 9.17) is 4.74 Å². The van der Waals surface area contributed by atoms with Crippen LogP contribution in [0.5, 0.6) is 0 Å². The topological polar surface area (TPSA) is 38.3 Å². The summed E-state index contributed by atoms with van der Waals surface area (Å²) in [6, 6.07) is 0. The fraction of sp³-hybridized carbons (Fsp3) is 0.857. The minimum atomic E-state index is -0.322. The van der Waals surface area contributed by atoms with E-state index in [1.807, 2.05) is 20.8 Å². The second-order valence-electron chi connectivity index (χ2n) is 2.38. The Kier molecular flexibility index (Phi) is 4.72. The van der Waals surface area contributed by atoms with Gasteiger partial charge in [-0.05, 0) is 20.3 Å². The van der Waals surface area contributed by atoms with Gasteiger partial charge in [0, 0.05) is 7.97 Å². The van der Waals surface area contributed by atoms with Crippen molar-refractivity contribution in [3.05, 3.63) is 0 Å². The monoisotopic (exact) mass is 147 g/mol. The molecule has 3 nitrogen and oxygen atoms in total. The number of alkyl carbamates (subject to hydrolysis) is 1. The highest BCUT2D eigenvalue weighted by molar-refractivity contribution is 5.67. The molecule has 0 bridgehead atoms. The fourth-order valence-corrected chi connectivity index (χ4v) is 0.483. The quantitative estimate of drug-likeness (QED) is 0.660. The summed E-state index contributed by atoms with van der Waals surface area (Å²) in [6.45, 7) is 6.33. The molecule has 0 rings (SSSR count). The van der Waals surface area contributed by atoms with Gasteiger partial charge in [-0.25, -0.2) is 4.79 Å². The van der Waals surface area contributed by atoms with E-state index in [1.54, 1.807) is 0 Å². The number of carbonyl (C=O) groups excluding carboxylic acids is 1. The molecule has 0 radical (unpaired) electrons. The molecule has 62 valence electrons. The van der Waals surface area contributed by atoms with Crippen LogP contribution in [-0.2, 0) is 4.74 Å². The Hall–Kier alpha value is -0.730. The van der Waals surface area contributed by atoms with Crippen molar-refractivity contribution in [1.82, 2.24) is 5.32 Å². The van der Waals surface area contributed by atoms with Gasteiger partial charge in [0.05, 0.1) is 6.10 Å². The Labute approximate surface area is 63.2 Å².